The Bertz CT molecular complexity index is 1090. The Kier molecular flexibility index (Phi) is 4.66. The van der Waals surface area contributed by atoms with E-state index in [1.54, 1.807) is 12.4 Å². The average molecular weight is 356 g/mol. The van der Waals surface area contributed by atoms with Crippen molar-refractivity contribution in [1.82, 2.24) is 15.2 Å². The number of rotatable bonds is 5. The fraction of sp³-hybridized carbons (Fsp3) is 0.136. The molecule has 2 N–H and O–H groups in total. The first kappa shape index (κ1) is 17.0. The lowest BCUT2D eigenvalue weighted by Gasteiger charge is -2.05. The van der Waals surface area contributed by atoms with Crippen LogP contribution in [0.3, 0.4) is 0 Å². The number of nitrogens with zero attached hydrogens (tertiary/aromatic N) is 2. The van der Waals surface area contributed by atoms with Crippen molar-refractivity contribution in [2.75, 3.05) is 5.32 Å². The lowest BCUT2D eigenvalue weighted by Crippen LogP contribution is -2.13. The summed E-state index contributed by atoms with van der Waals surface area (Å²) in [4.78, 5) is 16.4. The molecule has 0 saturated carbocycles. The summed E-state index contributed by atoms with van der Waals surface area (Å²) >= 11 is 0. The van der Waals surface area contributed by atoms with Crippen LogP contribution in [0.2, 0.25) is 0 Å². The molecule has 0 unspecified atom stereocenters. The summed E-state index contributed by atoms with van der Waals surface area (Å²) in [5, 5.41) is 12.6. The highest BCUT2D eigenvalue weighted by molar-refractivity contribution is 5.91. The molecule has 0 saturated heterocycles. The normalized spacial score (nSPS) is 10.9. The molecule has 0 spiro atoms. The Labute approximate surface area is 157 Å². The summed E-state index contributed by atoms with van der Waals surface area (Å²) in [5.41, 5.74) is 3.95. The van der Waals surface area contributed by atoms with Crippen LogP contribution in [0.1, 0.15) is 17.5 Å². The van der Waals surface area contributed by atoms with Crippen LogP contribution in [0.15, 0.2) is 67.0 Å². The highest BCUT2D eigenvalue weighted by Gasteiger charge is 2.13. The average Bonchev–Trinajstić information content (AvgIpc) is 3.07. The zero-order valence-electron chi connectivity index (χ0n) is 15.1. The number of nitrogens with one attached hydrogen (secondary N) is 2. The largest absolute Gasteiger partial charge is 0.309 e. The second-order valence-electron chi connectivity index (χ2n) is 6.54. The first-order valence-electron chi connectivity index (χ1n) is 8.93. The number of aryl methyl sites for hydroxylation is 1. The quantitative estimate of drug-likeness (QED) is 0.553. The van der Waals surface area contributed by atoms with Gasteiger partial charge in [0.1, 0.15) is 0 Å². The van der Waals surface area contributed by atoms with E-state index in [1.165, 1.54) is 10.8 Å². The molecule has 0 bridgehead atoms. The van der Waals surface area contributed by atoms with Gasteiger partial charge in [0, 0.05) is 29.9 Å². The summed E-state index contributed by atoms with van der Waals surface area (Å²) in [6, 6.07) is 18.4. The number of anilines is 1. The number of hydrogen-bond acceptors (Lipinski definition) is 3. The van der Waals surface area contributed by atoms with Crippen LogP contribution in [-0.4, -0.2) is 21.1 Å². The van der Waals surface area contributed by atoms with Gasteiger partial charge in [-0.25, -0.2) is 0 Å². The van der Waals surface area contributed by atoms with Crippen molar-refractivity contribution in [3.8, 4) is 11.3 Å². The Morgan fingerprint density at radius 1 is 1.04 bits per heavy atom. The molecule has 2 aromatic heterocycles. The molecular weight excluding hydrogens is 336 g/mol. The predicted octanol–water partition coefficient (Wildman–Crippen LogP) is 4.50. The Morgan fingerprint density at radius 3 is 2.63 bits per heavy atom. The molecule has 0 atom stereocenters. The predicted molar refractivity (Wildman–Crippen MR) is 107 cm³/mol. The lowest BCUT2D eigenvalue weighted by molar-refractivity contribution is -0.116. The molecule has 0 radical (unpaired) electrons. The van der Waals surface area contributed by atoms with Crippen molar-refractivity contribution >= 4 is 22.5 Å². The van der Waals surface area contributed by atoms with Gasteiger partial charge < -0.3 is 5.32 Å². The van der Waals surface area contributed by atoms with Gasteiger partial charge >= 0.3 is 0 Å². The highest BCUT2D eigenvalue weighted by Crippen LogP contribution is 2.25. The maximum absolute atomic E-state index is 12.4. The minimum atomic E-state index is -0.0426. The lowest BCUT2D eigenvalue weighted by atomic mass is 10.0. The number of H-pyrrole nitrogens is 1. The number of hydrogen-bond donors (Lipinski definition) is 2. The molecule has 1 amide bonds. The van der Waals surface area contributed by atoms with Crippen molar-refractivity contribution in [2.45, 2.75) is 19.8 Å². The zero-order chi connectivity index (χ0) is 18.6. The molecule has 4 aromatic rings. The van der Waals surface area contributed by atoms with E-state index in [2.05, 4.69) is 50.8 Å². The number of carbonyl (C=O) groups excluding carboxylic acids is 1. The molecule has 2 heterocycles. The molecule has 2 aromatic carbocycles. The number of benzene rings is 2. The van der Waals surface area contributed by atoms with Crippen LogP contribution in [0.25, 0.3) is 22.0 Å². The topological polar surface area (TPSA) is 70.7 Å². The van der Waals surface area contributed by atoms with Gasteiger partial charge in [0.05, 0.1) is 5.69 Å². The Hall–Kier alpha value is -3.47. The Morgan fingerprint density at radius 2 is 1.81 bits per heavy atom. The van der Waals surface area contributed by atoms with E-state index < -0.39 is 0 Å². The second-order valence-corrected chi connectivity index (χ2v) is 6.54. The van der Waals surface area contributed by atoms with Crippen molar-refractivity contribution in [3.05, 3.63) is 78.1 Å². The number of pyridine rings is 1. The molecule has 134 valence electrons. The van der Waals surface area contributed by atoms with Gasteiger partial charge in [-0.1, -0.05) is 42.5 Å². The van der Waals surface area contributed by atoms with Gasteiger partial charge in [0.15, 0.2) is 5.82 Å². The third-order valence-corrected chi connectivity index (χ3v) is 4.69. The van der Waals surface area contributed by atoms with E-state index in [0.29, 0.717) is 18.7 Å². The number of aromatic nitrogens is 3. The monoisotopic (exact) mass is 356 g/mol. The van der Waals surface area contributed by atoms with Gasteiger partial charge in [-0.2, -0.15) is 5.10 Å². The number of aromatic amines is 1. The van der Waals surface area contributed by atoms with Crippen LogP contribution < -0.4 is 5.32 Å². The van der Waals surface area contributed by atoms with Crippen molar-refractivity contribution in [1.29, 1.82) is 0 Å². The molecular formula is C22H20N4O. The van der Waals surface area contributed by atoms with Gasteiger partial charge in [-0.3, -0.25) is 14.9 Å². The SMILES string of the molecule is Cc1c(NC(=O)CCc2ccc3ccccc3c2)n[nH]c1-c1ccncc1. The van der Waals surface area contributed by atoms with E-state index >= 15 is 0 Å². The third kappa shape index (κ3) is 3.72. The fourth-order valence-electron chi connectivity index (χ4n) is 3.17. The van der Waals surface area contributed by atoms with Crippen molar-refractivity contribution < 1.29 is 4.79 Å². The maximum atomic E-state index is 12.4. The van der Waals surface area contributed by atoms with E-state index in [1.807, 2.05) is 31.2 Å². The first-order chi connectivity index (χ1) is 13.2. The van der Waals surface area contributed by atoms with Crippen LogP contribution in [-0.2, 0) is 11.2 Å². The van der Waals surface area contributed by atoms with E-state index in [-0.39, 0.29) is 5.91 Å². The highest BCUT2D eigenvalue weighted by atomic mass is 16.1. The molecule has 0 aliphatic rings. The van der Waals surface area contributed by atoms with Gasteiger partial charge in [0.25, 0.3) is 0 Å². The van der Waals surface area contributed by atoms with E-state index in [0.717, 1.165) is 22.4 Å². The van der Waals surface area contributed by atoms with Gasteiger partial charge in [-0.15, -0.1) is 0 Å². The maximum Gasteiger partial charge on any atom is 0.225 e. The van der Waals surface area contributed by atoms with Crippen LogP contribution in [0, 0.1) is 6.92 Å². The number of carbonyl (C=O) groups is 1. The summed E-state index contributed by atoms with van der Waals surface area (Å²) in [7, 11) is 0. The number of fused-ring (bicyclic) bond motifs is 1. The third-order valence-electron chi connectivity index (χ3n) is 4.69. The zero-order valence-corrected chi connectivity index (χ0v) is 15.1. The van der Waals surface area contributed by atoms with Crippen LogP contribution in [0.4, 0.5) is 5.82 Å². The molecule has 4 rings (SSSR count). The fourth-order valence-corrected chi connectivity index (χ4v) is 3.17. The molecule has 5 heteroatoms. The van der Waals surface area contributed by atoms with Crippen molar-refractivity contribution in [3.63, 3.8) is 0 Å². The number of amides is 1. The van der Waals surface area contributed by atoms with E-state index in [9.17, 15) is 4.79 Å². The molecule has 5 nitrogen and oxygen atoms in total. The van der Waals surface area contributed by atoms with Crippen LogP contribution in [0.5, 0.6) is 0 Å². The van der Waals surface area contributed by atoms with Crippen LogP contribution >= 0.6 is 0 Å². The van der Waals surface area contributed by atoms with E-state index in [4.69, 9.17) is 0 Å². The molecule has 0 aliphatic heterocycles. The minimum Gasteiger partial charge on any atom is -0.309 e. The first-order valence-corrected chi connectivity index (χ1v) is 8.93. The summed E-state index contributed by atoms with van der Waals surface area (Å²) < 4.78 is 0. The summed E-state index contributed by atoms with van der Waals surface area (Å²) in [6.07, 6.45) is 4.57. The van der Waals surface area contributed by atoms with Gasteiger partial charge in [-0.05, 0) is 41.8 Å². The van der Waals surface area contributed by atoms with Gasteiger partial charge in [0.2, 0.25) is 5.91 Å². The summed E-state index contributed by atoms with van der Waals surface area (Å²) in [5.74, 6) is 0.532. The smallest absolute Gasteiger partial charge is 0.225 e. The summed E-state index contributed by atoms with van der Waals surface area (Å²) in [6.45, 7) is 1.94. The second kappa shape index (κ2) is 7.41. The van der Waals surface area contributed by atoms with Crippen molar-refractivity contribution in [2.24, 2.45) is 0 Å². The Balaban J connectivity index is 1.41. The standard InChI is InChI=1S/C22H20N4O/c1-15-21(18-10-12-23-13-11-18)25-26-22(15)24-20(27)9-7-16-6-8-17-4-2-3-5-19(17)14-16/h2-6,8,10-14H,7,9H2,1H3,(H2,24,25,26,27). The molecule has 27 heavy (non-hydrogen) atoms. The minimum absolute atomic E-state index is 0.0426. The molecule has 0 fully saturated rings. The molecule has 0 aliphatic carbocycles.